The minimum absolute atomic E-state index is 0.0829. The normalized spacial score (nSPS) is 10.8. The number of nitrogens with zero attached hydrogens (tertiary/aromatic N) is 2. The van der Waals surface area contributed by atoms with E-state index < -0.39 is 0 Å². The molecule has 1 heterocycles. The van der Waals surface area contributed by atoms with Crippen molar-refractivity contribution in [3.63, 3.8) is 0 Å². The van der Waals surface area contributed by atoms with Gasteiger partial charge in [0.15, 0.2) is 12.4 Å². The molecule has 1 aromatic heterocycles. The van der Waals surface area contributed by atoms with Crippen molar-refractivity contribution in [2.75, 3.05) is 13.2 Å². The van der Waals surface area contributed by atoms with Crippen LogP contribution < -0.4 is 10.3 Å². The first-order chi connectivity index (χ1) is 16.9. The van der Waals surface area contributed by atoms with Crippen molar-refractivity contribution in [2.45, 2.75) is 19.9 Å². The first-order valence-corrected chi connectivity index (χ1v) is 11.6. The van der Waals surface area contributed by atoms with Gasteiger partial charge in [0.1, 0.15) is 11.6 Å². The van der Waals surface area contributed by atoms with Gasteiger partial charge in [0.2, 0.25) is 0 Å². The molecule has 0 saturated carbocycles. The fourth-order valence-electron chi connectivity index (χ4n) is 3.67. The highest BCUT2D eigenvalue weighted by Gasteiger charge is 2.17. The number of amides is 1. The summed E-state index contributed by atoms with van der Waals surface area (Å²) in [6.07, 6.45) is 0.728. The van der Waals surface area contributed by atoms with Crippen LogP contribution in [0, 0.1) is 0 Å². The third-order valence-corrected chi connectivity index (χ3v) is 5.65. The maximum Gasteiger partial charge on any atom is 0.260 e. The topological polar surface area (TPSA) is 92.4 Å². The predicted octanol–water partition coefficient (Wildman–Crippen LogP) is 4.63. The van der Waals surface area contributed by atoms with Gasteiger partial charge in [0.25, 0.3) is 11.5 Å². The first-order valence-electron chi connectivity index (χ1n) is 11.2. The quantitative estimate of drug-likeness (QED) is 0.346. The highest BCUT2D eigenvalue weighted by Crippen LogP contribution is 2.17. The highest BCUT2D eigenvalue weighted by molar-refractivity contribution is 6.31. The lowest BCUT2D eigenvalue weighted by Gasteiger charge is -2.22. The zero-order chi connectivity index (χ0) is 24.8. The molecule has 0 radical (unpaired) electrons. The lowest BCUT2D eigenvalue weighted by atomic mass is 10.0. The van der Waals surface area contributed by atoms with Crippen molar-refractivity contribution in [3.8, 4) is 5.75 Å². The summed E-state index contributed by atoms with van der Waals surface area (Å²) >= 11 is 6.03. The number of fused-ring (bicyclic) bond motifs is 1. The van der Waals surface area contributed by atoms with Crippen LogP contribution in [0.25, 0.3) is 10.9 Å². The Morgan fingerprint density at radius 2 is 1.71 bits per heavy atom. The van der Waals surface area contributed by atoms with Crippen LogP contribution in [0.2, 0.25) is 5.02 Å². The third-order valence-electron chi connectivity index (χ3n) is 5.42. The summed E-state index contributed by atoms with van der Waals surface area (Å²) in [5, 5.41) is 0.914. The van der Waals surface area contributed by atoms with Gasteiger partial charge in [-0.05, 0) is 48.9 Å². The minimum Gasteiger partial charge on any atom is -0.484 e. The lowest BCUT2D eigenvalue weighted by molar-refractivity contribution is -0.134. The van der Waals surface area contributed by atoms with Crippen LogP contribution >= 0.6 is 11.6 Å². The Bertz CT molecular complexity index is 1400. The number of halogens is 1. The molecule has 1 amide bonds. The number of hydrogen-bond donors (Lipinski definition) is 1. The molecule has 0 aliphatic heterocycles. The lowest BCUT2D eigenvalue weighted by Crippen LogP contribution is -2.36. The van der Waals surface area contributed by atoms with Gasteiger partial charge in [-0.25, -0.2) is 4.98 Å². The van der Waals surface area contributed by atoms with Gasteiger partial charge in [-0.15, -0.1) is 0 Å². The van der Waals surface area contributed by atoms with Gasteiger partial charge in [-0.3, -0.25) is 14.4 Å². The van der Waals surface area contributed by atoms with Crippen molar-refractivity contribution in [1.82, 2.24) is 14.9 Å². The van der Waals surface area contributed by atoms with Gasteiger partial charge in [-0.2, -0.15) is 0 Å². The minimum atomic E-state index is -0.285. The average molecular weight is 490 g/mol. The molecular formula is C27H24ClN3O4. The summed E-state index contributed by atoms with van der Waals surface area (Å²) < 4.78 is 5.67. The summed E-state index contributed by atoms with van der Waals surface area (Å²) in [5.41, 5.74) is 1.33. The van der Waals surface area contributed by atoms with E-state index in [9.17, 15) is 14.4 Å². The van der Waals surface area contributed by atoms with E-state index in [1.54, 1.807) is 59.5 Å². The van der Waals surface area contributed by atoms with Crippen LogP contribution in [-0.2, 0) is 11.3 Å². The Hall–Kier alpha value is -3.97. The second kappa shape index (κ2) is 11.0. The molecule has 0 fully saturated rings. The third kappa shape index (κ3) is 5.94. The molecule has 0 spiro atoms. The Kier molecular flexibility index (Phi) is 7.57. The SMILES string of the molecule is CCCN(Cc1nc2cc(Cl)ccc2c(=O)[nH]1)C(=O)COc1ccc(C(=O)c2ccccc2)cc1. The molecule has 0 saturated heterocycles. The second-order valence-electron chi connectivity index (χ2n) is 8.00. The molecular weight excluding hydrogens is 466 g/mol. The van der Waals surface area contributed by atoms with Crippen molar-refractivity contribution in [1.29, 1.82) is 0 Å². The number of carbonyl (C=O) groups is 2. The summed E-state index contributed by atoms with van der Waals surface area (Å²) in [5.74, 6) is 0.521. The second-order valence-corrected chi connectivity index (χ2v) is 8.43. The Morgan fingerprint density at radius 1 is 1.00 bits per heavy atom. The molecule has 178 valence electrons. The molecule has 8 heteroatoms. The molecule has 0 aliphatic carbocycles. The maximum atomic E-state index is 12.9. The van der Waals surface area contributed by atoms with Gasteiger partial charge in [0, 0.05) is 22.7 Å². The Labute approximate surface area is 207 Å². The van der Waals surface area contributed by atoms with Crippen molar-refractivity contribution in [2.24, 2.45) is 0 Å². The van der Waals surface area contributed by atoms with E-state index in [0.717, 1.165) is 6.42 Å². The maximum absolute atomic E-state index is 12.9. The predicted molar refractivity (Wildman–Crippen MR) is 135 cm³/mol. The number of hydrogen-bond acceptors (Lipinski definition) is 5. The molecule has 1 N–H and O–H groups in total. The largest absolute Gasteiger partial charge is 0.484 e. The molecule has 0 unspecified atom stereocenters. The number of carbonyl (C=O) groups excluding carboxylic acids is 2. The van der Waals surface area contributed by atoms with Gasteiger partial charge >= 0.3 is 0 Å². The summed E-state index contributed by atoms with van der Waals surface area (Å²) in [6.45, 7) is 2.39. The van der Waals surface area contributed by atoms with Gasteiger partial charge < -0.3 is 14.6 Å². The monoisotopic (exact) mass is 489 g/mol. The fourth-order valence-corrected chi connectivity index (χ4v) is 3.84. The number of nitrogens with one attached hydrogen (secondary N) is 1. The summed E-state index contributed by atoms with van der Waals surface area (Å²) in [7, 11) is 0. The molecule has 0 bridgehead atoms. The average Bonchev–Trinajstić information content (AvgIpc) is 2.87. The smallest absolute Gasteiger partial charge is 0.260 e. The summed E-state index contributed by atoms with van der Waals surface area (Å²) in [4.78, 5) is 46.6. The number of aromatic amines is 1. The molecule has 3 aromatic carbocycles. The van der Waals surface area contributed by atoms with E-state index in [2.05, 4.69) is 9.97 Å². The van der Waals surface area contributed by atoms with Gasteiger partial charge in [0.05, 0.1) is 17.4 Å². The molecule has 35 heavy (non-hydrogen) atoms. The van der Waals surface area contributed by atoms with Crippen LogP contribution in [0.3, 0.4) is 0 Å². The molecule has 0 atom stereocenters. The van der Waals surface area contributed by atoms with E-state index in [1.165, 1.54) is 0 Å². The number of benzene rings is 3. The van der Waals surface area contributed by atoms with E-state index in [1.807, 2.05) is 25.1 Å². The van der Waals surface area contributed by atoms with E-state index in [4.69, 9.17) is 16.3 Å². The standard InChI is InChI=1S/C27H24ClN3O4/c1-2-14-31(16-24-29-23-15-20(28)10-13-22(23)27(34)30-24)25(32)17-35-21-11-8-19(9-12-21)26(33)18-6-4-3-5-7-18/h3-13,15H,2,14,16-17H2,1H3,(H,29,30,34). The highest BCUT2D eigenvalue weighted by atomic mass is 35.5. The van der Waals surface area contributed by atoms with Crippen molar-refractivity contribution < 1.29 is 14.3 Å². The Balaban J connectivity index is 1.41. The molecule has 7 nitrogen and oxygen atoms in total. The molecule has 4 aromatic rings. The van der Waals surface area contributed by atoms with E-state index in [0.29, 0.717) is 45.2 Å². The molecule has 4 rings (SSSR count). The van der Waals surface area contributed by atoms with E-state index in [-0.39, 0.29) is 30.4 Å². The summed E-state index contributed by atoms with van der Waals surface area (Å²) in [6, 6.07) is 20.6. The zero-order valence-corrected chi connectivity index (χ0v) is 19.9. The first kappa shape index (κ1) is 24.2. The number of ketones is 1. The van der Waals surface area contributed by atoms with Crippen LogP contribution in [-0.4, -0.2) is 39.7 Å². The number of aromatic nitrogens is 2. The number of rotatable bonds is 9. The van der Waals surface area contributed by atoms with Gasteiger partial charge in [-0.1, -0.05) is 48.9 Å². The van der Waals surface area contributed by atoms with Crippen LogP contribution in [0.1, 0.15) is 35.1 Å². The van der Waals surface area contributed by atoms with Crippen LogP contribution in [0.4, 0.5) is 0 Å². The fraction of sp³-hybridized carbons (Fsp3) is 0.185. The van der Waals surface area contributed by atoms with E-state index >= 15 is 0 Å². The zero-order valence-electron chi connectivity index (χ0n) is 19.2. The van der Waals surface area contributed by atoms with Crippen molar-refractivity contribution in [3.05, 3.63) is 105 Å². The van der Waals surface area contributed by atoms with Crippen LogP contribution in [0.5, 0.6) is 5.75 Å². The van der Waals surface area contributed by atoms with Crippen LogP contribution in [0.15, 0.2) is 77.6 Å². The number of ether oxygens (including phenoxy) is 1. The molecule has 0 aliphatic rings. The van der Waals surface area contributed by atoms with Crippen molar-refractivity contribution >= 4 is 34.2 Å². The number of H-pyrrole nitrogens is 1. The Morgan fingerprint density at radius 3 is 2.43 bits per heavy atom.